The number of nitrogens with zero attached hydrogens (tertiary/aromatic N) is 3. The lowest BCUT2D eigenvalue weighted by atomic mass is 10.1. The zero-order chi connectivity index (χ0) is 16.8. The van der Waals surface area contributed by atoms with Crippen LogP contribution in [-0.4, -0.2) is 22.3 Å². The lowest BCUT2D eigenvalue weighted by Crippen LogP contribution is -2.02. The van der Waals surface area contributed by atoms with Crippen molar-refractivity contribution in [2.24, 2.45) is 0 Å². The van der Waals surface area contributed by atoms with E-state index in [1.165, 1.54) is 5.56 Å². The first-order valence-corrected chi connectivity index (χ1v) is 7.73. The fourth-order valence-electron chi connectivity index (χ4n) is 2.22. The van der Waals surface area contributed by atoms with E-state index in [0.29, 0.717) is 11.8 Å². The normalized spacial score (nSPS) is 10.2. The van der Waals surface area contributed by atoms with Crippen molar-refractivity contribution in [3.05, 3.63) is 60.3 Å². The van der Waals surface area contributed by atoms with Crippen LogP contribution >= 0.6 is 0 Å². The molecule has 3 aromatic rings. The van der Waals surface area contributed by atoms with Crippen LogP contribution in [0.2, 0.25) is 0 Å². The summed E-state index contributed by atoms with van der Waals surface area (Å²) in [6.45, 7) is 2.13. The molecule has 24 heavy (non-hydrogen) atoms. The standard InChI is InChI=1S/C18H19N5O/c1-3-13-7-9-14(10-8-13)21-18-22-17(12-19-23-18)20-15-5-4-6-16(11-15)24-2/h4-12H,3H2,1-2H3,(H2,20,21,22,23). The number of methoxy groups -OCH3 is 1. The molecular formula is C18H19N5O. The van der Waals surface area contributed by atoms with Gasteiger partial charge in [-0.25, -0.2) is 0 Å². The van der Waals surface area contributed by atoms with E-state index >= 15 is 0 Å². The number of benzene rings is 2. The number of aromatic nitrogens is 3. The number of nitrogens with one attached hydrogen (secondary N) is 2. The number of ether oxygens (including phenoxy) is 1. The molecule has 1 aromatic heterocycles. The van der Waals surface area contributed by atoms with Gasteiger partial charge in [-0.3, -0.25) is 0 Å². The summed E-state index contributed by atoms with van der Waals surface area (Å²) in [5, 5.41) is 14.3. The van der Waals surface area contributed by atoms with Crippen LogP contribution in [0.1, 0.15) is 12.5 Å². The van der Waals surface area contributed by atoms with Crippen LogP contribution in [0.3, 0.4) is 0 Å². The third kappa shape index (κ3) is 3.98. The highest BCUT2D eigenvalue weighted by molar-refractivity contribution is 5.60. The number of hydrogen-bond acceptors (Lipinski definition) is 6. The second-order valence-corrected chi connectivity index (χ2v) is 5.20. The SMILES string of the molecule is CCc1ccc(Nc2nncc(Nc3cccc(OC)c3)n2)cc1. The summed E-state index contributed by atoms with van der Waals surface area (Å²) >= 11 is 0. The molecule has 0 fully saturated rings. The molecule has 0 radical (unpaired) electrons. The summed E-state index contributed by atoms with van der Waals surface area (Å²) in [7, 11) is 1.64. The Morgan fingerprint density at radius 3 is 2.58 bits per heavy atom. The van der Waals surface area contributed by atoms with Crippen molar-refractivity contribution in [3.8, 4) is 5.75 Å². The summed E-state index contributed by atoms with van der Waals surface area (Å²) in [5.41, 5.74) is 3.08. The van der Waals surface area contributed by atoms with Gasteiger partial charge in [0, 0.05) is 17.4 Å². The maximum Gasteiger partial charge on any atom is 0.249 e. The van der Waals surface area contributed by atoms with Crippen molar-refractivity contribution >= 4 is 23.1 Å². The zero-order valence-corrected chi connectivity index (χ0v) is 13.7. The molecule has 0 saturated carbocycles. The molecule has 0 aliphatic heterocycles. The Morgan fingerprint density at radius 2 is 1.83 bits per heavy atom. The van der Waals surface area contributed by atoms with Crippen molar-refractivity contribution in [2.75, 3.05) is 17.7 Å². The Labute approximate surface area is 140 Å². The molecule has 0 aliphatic rings. The predicted octanol–water partition coefficient (Wildman–Crippen LogP) is 3.93. The first-order valence-electron chi connectivity index (χ1n) is 7.73. The first kappa shape index (κ1) is 15.7. The molecule has 0 saturated heterocycles. The van der Waals surface area contributed by atoms with Crippen LogP contribution in [0.15, 0.2) is 54.7 Å². The van der Waals surface area contributed by atoms with E-state index in [1.807, 2.05) is 36.4 Å². The number of aryl methyl sites for hydroxylation is 1. The lowest BCUT2D eigenvalue weighted by Gasteiger charge is -2.09. The molecule has 0 unspecified atom stereocenters. The van der Waals surface area contributed by atoms with Crippen molar-refractivity contribution in [3.63, 3.8) is 0 Å². The highest BCUT2D eigenvalue weighted by Crippen LogP contribution is 2.21. The van der Waals surface area contributed by atoms with Crippen molar-refractivity contribution in [1.82, 2.24) is 15.2 Å². The van der Waals surface area contributed by atoms with Crippen molar-refractivity contribution in [1.29, 1.82) is 0 Å². The molecule has 3 rings (SSSR count). The molecule has 6 heteroatoms. The van der Waals surface area contributed by atoms with Gasteiger partial charge in [0.05, 0.1) is 13.3 Å². The topological polar surface area (TPSA) is 72.0 Å². The molecule has 0 atom stereocenters. The van der Waals surface area contributed by atoms with E-state index in [9.17, 15) is 0 Å². The van der Waals surface area contributed by atoms with Gasteiger partial charge in [0.2, 0.25) is 5.95 Å². The van der Waals surface area contributed by atoms with Gasteiger partial charge in [0.25, 0.3) is 0 Å². The van der Waals surface area contributed by atoms with Crippen LogP contribution in [0.5, 0.6) is 5.75 Å². The summed E-state index contributed by atoms with van der Waals surface area (Å²) in [6.07, 6.45) is 2.59. The molecule has 2 N–H and O–H groups in total. The Hall–Kier alpha value is -3.15. The van der Waals surface area contributed by atoms with Crippen LogP contribution in [0.25, 0.3) is 0 Å². The predicted molar refractivity (Wildman–Crippen MR) is 95.2 cm³/mol. The van der Waals surface area contributed by atoms with Crippen LogP contribution in [0, 0.1) is 0 Å². The van der Waals surface area contributed by atoms with E-state index in [0.717, 1.165) is 23.5 Å². The number of rotatable bonds is 6. The smallest absolute Gasteiger partial charge is 0.249 e. The Morgan fingerprint density at radius 1 is 1.00 bits per heavy atom. The summed E-state index contributed by atoms with van der Waals surface area (Å²) in [5.74, 6) is 1.81. The number of hydrogen-bond donors (Lipinski definition) is 2. The number of anilines is 4. The highest BCUT2D eigenvalue weighted by Gasteiger charge is 2.03. The van der Waals surface area contributed by atoms with Gasteiger partial charge in [0.15, 0.2) is 5.82 Å². The quantitative estimate of drug-likeness (QED) is 0.717. The third-order valence-electron chi connectivity index (χ3n) is 3.52. The summed E-state index contributed by atoms with van der Waals surface area (Å²) in [6, 6.07) is 15.8. The Bertz CT molecular complexity index is 805. The molecule has 2 aromatic carbocycles. The molecular weight excluding hydrogens is 302 g/mol. The third-order valence-corrected chi connectivity index (χ3v) is 3.52. The molecule has 0 bridgehead atoms. The maximum absolute atomic E-state index is 5.21. The molecule has 0 amide bonds. The van der Waals surface area contributed by atoms with Crippen molar-refractivity contribution in [2.45, 2.75) is 13.3 Å². The van der Waals surface area contributed by atoms with Gasteiger partial charge in [-0.05, 0) is 36.2 Å². The zero-order valence-electron chi connectivity index (χ0n) is 13.7. The van der Waals surface area contributed by atoms with E-state index < -0.39 is 0 Å². The largest absolute Gasteiger partial charge is 0.497 e. The van der Waals surface area contributed by atoms with E-state index in [4.69, 9.17) is 4.74 Å². The second kappa shape index (κ2) is 7.41. The molecule has 0 spiro atoms. The molecule has 1 heterocycles. The molecule has 122 valence electrons. The van der Waals surface area contributed by atoms with Crippen LogP contribution < -0.4 is 15.4 Å². The molecule has 0 aliphatic carbocycles. The minimum absolute atomic E-state index is 0.437. The van der Waals surface area contributed by atoms with Gasteiger partial charge in [0.1, 0.15) is 5.75 Å². The van der Waals surface area contributed by atoms with E-state index in [1.54, 1.807) is 13.3 Å². The lowest BCUT2D eigenvalue weighted by molar-refractivity contribution is 0.415. The second-order valence-electron chi connectivity index (χ2n) is 5.20. The Kier molecular flexibility index (Phi) is 4.86. The maximum atomic E-state index is 5.21. The fraction of sp³-hybridized carbons (Fsp3) is 0.167. The van der Waals surface area contributed by atoms with Gasteiger partial charge < -0.3 is 15.4 Å². The fourth-order valence-corrected chi connectivity index (χ4v) is 2.22. The van der Waals surface area contributed by atoms with Gasteiger partial charge in [-0.15, -0.1) is 5.10 Å². The summed E-state index contributed by atoms with van der Waals surface area (Å²) in [4.78, 5) is 4.42. The Balaban J connectivity index is 1.73. The van der Waals surface area contributed by atoms with Gasteiger partial charge in [-0.1, -0.05) is 25.1 Å². The first-order chi connectivity index (χ1) is 11.8. The minimum Gasteiger partial charge on any atom is -0.497 e. The van der Waals surface area contributed by atoms with E-state index in [-0.39, 0.29) is 0 Å². The average molecular weight is 321 g/mol. The minimum atomic E-state index is 0.437. The van der Waals surface area contributed by atoms with E-state index in [2.05, 4.69) is 44.9 Å². The van der Waals surface area contributed by atoms with Crippen LogP contribution in [-0.2, 0) is 6.42 Å². The highest BCUT2D eigenvalue weighted by atomic mass is 16.5. The monoisotopic (exact) mass is 321 g/mol. The summed E-state index contributed by atoms with van der Waals surface area (Å²) < 4.78 is 5.21. The van der Waals surface area contributed by atoms with Gasteiger partial charge >= 0.3 is 0 Å². The average Bonchev–Trinajstić information content (AvgIpc) is 2.63. The van der Waals surface area contributed by atoms with Crippen molar-refractivity contribution < 1.29 is 4.74 Å². The van der Waals surface area contributed by atoms with Crippen LogP contribution in [0.4, 0.5) is 23.1 Å². The molecule has 6 nitrogen and oxygen atoms in total. The van der Waals surface area contributed by atoms with Gasteiger partial charge in [-0.2, -0.15) is 10.1 Å².